The molecule has 1 heterocycles. The maximum atomic E-state index is 11.9. The number of halogens is 1. The molecule has 1 aliphatic heterocycles. The van der Waals surface area contributed by atoms with Crippen LogP contribution in [-0.2, 0) is 17.8 Å². The number of fused-ring (bicyclic) bond motifs is 1. The molecule has 1 saturated carbocycles. The van der Waals surface area contributed by atoms with E-state index in [1.165, 1.54) is 18.4 Å². The van der Waals surface area contributed by atoms with E-state index in [4.69, 9.17) is 9.47 Å². The molecule has 134 valence electrons. The molecule has 1 aliphatic carbocycles. The summed E-state index contributed by atoms with van der Waals surface area (Å²) >= 11 is 0. The first-order chi connectivity index (χ1) is 11.2. The van der Waals surface area contributed by atoms with Gasteiger partial charge >= 0.3 is 0 Å². The lowest BCUT2D eigenvalue weighted by molar-refractivity contribution is -0.120. The third-order valence-corrected chi connectivity index (χ3v) is 4.27. The average Bonchev–Trinajstić information content (AvgIpc) is 3.26. The van der Waals surface area contributed by atoms with Crippen LogP contribution in [0.3, 0.4) is 0 Å². The van der Waals surface area contributed by atoms with E-state index in [1.807, 2.05) is 13.0 Å². The van der Waals surface area contributed by atoms with Crippen LogP contribution in [-0.4, -0.2) is 31.7 Å². The van der Waals surface area contributed by atoms with Gasteiger partial charge in [0.1, 0.15) is 17.6 Å². The van der Waals surface area contributed by atoms with Gasteiger partial charge in [0, 0.05) is 24.1 Å². The lowest BCUT2D eigenvalue weighted by atomic mass is 10.1. The molecule has 5 nitrogen and oxygen atoms in total. The van der Waals surface area contributed by atoms with Crippen molar-refractivity contribution >= 4 is 18.3 Å². The lowest BCUT2D eigenvalue weighted by Gasteiger charge is -2.13. The molecule has 2 N–H and O–H groups in total. The molecular weight excluding hydrogens is 328 g/mol. The summed E-state index contributed by atoms with van der Waals surface area (Å²) in [6.45, 7) is 6.42. The Hall–Kier alpha value is -1.46. The lowest BCUT2D eigenvalue weighted by Crippen LogP contribution is -2.34. The molecule has 0 radical (unpaired) electrons. The van der Waals surface area contributed by atoms with Gasteiger partial charge in [0.15, 0.2) is 0 Å². The van der Waals surface area contributed by atoms with Crippen molar-refractivity contribution in [2.45, 2.75) is 45.8 Å². The summed E-state index contributed by atoms with van der Waals surface area (Å²) in [6.07, 6.45) is 3.70. The van der Waals surface area contributed by atoms with Crippen LogP contribution < -0.4 is 20.1 Å². The van der Waals surface area contributed by atoms with Crippen LogP contribution in [0, 0.1) is 5.92 Å². The van der Waals surface area contributed by atoms with Crippen LogP contribution in [0.4, 0.5) is 0 Å². The number of amides is 1. The van der Waals surface area contributed by atoms with E-state index in [-0.39, 0.29) is 24.4 Å². The Labute approximate surface area is 149 Å². The molecule has 6 heteroatoms. The van der Waals surface area contributed by atoms with Crippen molar-refractivity contribution in [1.29, 1.82) is 0 Å². The minimum Gasteiger partial charge on any atom is -0.494 e. The van der Waals surface area contributed by atoms with Crippen LogP contribution >= 0.6 is 12.4 Å². The summed E-state index contributed by atoms with van der Waals surface area (Å²) in [6, 6.07) is 4.05. The Morgan fingerprint density at radius 3 is 2.88 bits per heavy atom. The first-order valence-corrected chi connectivity index (χ1v) is 8.58. The van der Waals surface area contributed by atoms with Crippen LogP contribution in [0.2, 0.25) is 0 Å². The summed E-state index contributed by atoms with van der Waals surface area (Å²) < 4.78 is 11.5. The average molecular weight is 355 g/mol. The van der Waals surface area contributed by atoms with E-state index >= 15 is 0 Å². The van der Waals surface area contributed by atoms with Crippen molar-refractivity contribution in [3.63, 3.8) is 0 Å². The second kappa shape index (κ2) is 8.58. The molecule has 1 fully saturated rings. The number of hydrogen-bond donors (Lipinski definition) is 2. The summed E-state index contributed by atoms with van der Waals surface area (Å²) in [5, 5.41) is 6.16. The summed E-state index contributed by atoms with van der Waals surface area (Å²) in [5.74, 6) is 2.55. The smallest absolute Gasteiger partial charge is 0.234 e. The zero-order chi connectivity index (χ0) is 16.2. The second-order valence-electron chi connectivity index (χ2n) is 6.48. The zero-order valence-corrected chi connectivity index (χ0v) is 15.2. The SMILES string of the molecule is CCOc1cc2c(cc1CNC(=O)CNCC1CC1)OC(C)C2.Cl. The minimum atomic E-state index is 0. The number of benzene rings is 1. The molecular formula is C18H27ClN2O3. The number of carbonyl (C=O) groups excluding carboxylic acids is 1. The summed E-state index contributed by atoms with van der Waals surface area (Å²) in [5.41, 5.74) is 2.15. The van der Waals surface area contributed by atoms with Gasteiger partial charge < -0.3 is 20.1 Å². The highest BCUT2D eigenvalue weighted by Crippen LogP contribution is 2.35. The van der Waals surface area contributed by atoms with E-state index in [2.05, 4.69) is 23.6 Å². The molecule has 3 rings (SSSR count). The van der Waals surface area contributed by atoms with Gasteiger partial charge in [-0.05, 0) is 51.3 Å². The maximum absolute atomic E-state index is 11.9. The van der Waals surface area contributed by atoms with E-state index < -0.39 is 0 Å². The highest BCUT2D eigenvalue weighted by molar-refractivity contribution is 5.85. The monoisotopic (exact) mass is 354 g/mol. The molecule has 0 saturated heterocycles. The topological polar surface area (TPSA) is 59.6 Å². The van der Waals surface area contributed by atoms with Gasteiger partial charge in [-0.15, -0.1) is 12.4 Å². The predicted octanol–water partition coefficient (Wildman–Crippen LogP) is 2.45. The van der Waals surface area contributed by atoms with E-state index in [0.717, 1.165) is 35.9 Å². The van der Waals surface area contributed by atoms with Gasteiger partial charge in [0.25, 0.3) is 0 Å². The van der Waals surface area contributed by atoms with E-state index in [9.17, 15) is 4.79 Å². The normalized spacial score (nSPS) is 18.3. The molecule has 1 amide bonds. The Balaban J connectivity index is 0.00000208. The van der Waals surface area contributed by atoms with Gasteiger partial charge in [-0.1, -0.05) is 0 Å². The first kappa shape index (κ1) is 18.9. The molecule has 0 aromatic heterocycles. The van der Waals surface area contributed by atoms with Gasteiger partial charge in [-0.3, -0.25) is 4.79 Å². The summed E-state index contributed by atoms with van der Waals surface area (Å²) in [7, 11) is 0. The molecule has 1 aromatic rings. The zero-order valence-electron chi connectivity index (χ0n) is 14.4. The Kier molecular flexibility index (Phi) is 6.75. The summed E-state index contributed by atoms with van der Waals surface area (Å²) in [4.78, 5) is 11.9. The highest BCUT2D eigenvalue weighted by atomic mass is 35.5. The van der Waals surface area contributed by atoms with Crippen molar-refractivity contribution in [1.82, 2.24) is 10.6 Å². The van der Waals surface area contributed by atoms with Gasteiger partial charge in [0.2, 0.25) is 5.91 Å². The molecule has 0 spiro atoms. The molecule has 1 unspecified atom stereocenters. The third kappa shape index (κ3) is 5.02. The second-order valence-corrected chi connectivity index (χ2v) is 6.48. The molecule has 2 aliphatic rings. The van der Waals surface area contributed by atoms with Gasteiger partial charge in [0.05, 0.1) is 13.2 Å². The standard InChI is InChI=1S/C18H26N2O3.ClH/c1-3-22-16-7-14-6-12(2)23-17(14)8-15(16)10-20-18(21)11-19-9-13-4-5-13;/h7-8,12-13,19H,3-6,9-11H2,1-2H3,(H,20,21);1H. The third-order valence-electron chi connectivity index (χ3n) is 4.27. The number of hydrogen-bond acceptors (Lipinski definition) is 4. The predicted molar refractivity (Wildman–Crippen MR) is 96.1 cm³/mol. The Morgan fingerprint density at radius 2 is 2.17 bits per heavy atom. The van der Waals surface area contributed by atoms with Crippen molar-refractivity contribution < 1.29 is 14.3 Å². The Morgan fingerprint density at radius 1 is 1.38 bits per heavy atom. The van der Waals surface area contributed by atoms with Crippen molar-refractivity contribution in [2.75, 3.05) is 19.7 Å². The number of carbonyl (C=O) groups is 1. The molecule has 1 atom stereocenters. The van der Waals surface area contributed by atoms with E-state index in [1.54, 1.807) is 0 Å². The van der Waals surface area contributed by atoms with Crippen LogP contribution in [0.1, 0.15) is 37.8 Å². The number of ether oxygens (including phenoxy) is 2. The van der Waals surface area contributed by atoms with Gasteiger partial charge in [-0.2, -0.15) is 0 Å². The molecule has 0 bridgehead atoms. The van der Waals surface area contributed by atoms with Crippen molar-refractivity contribution in [3.8, 4) is 11.5 Å². The van der Waals surface area contributed by atoms with Gasteiger partial charge in [-0.25, -0.2) is 0 Å². The minimum absolute atomic E-state index is 0. The molecule has 1 aromatic carbocycles. The fraction of sp³-hybridized carbons (Fsp3) is 0.611. The molecule has 24 heavy (non-hydrogen) atoms. The first-order valence-electron chi connectivity index (χ1n) is 8.58. The number of rotatable bonds is 8. The van der Waals surface area contributed by atoms with Crippen LogP contribution in [0.15, 0.2) is 12.1 Å². The van der Waals surface area contributed by atoms with Crippen molar-refractivity contribution in [3.05, 3.63) is 23.3 Å². The Bertz CT molecular complexity index is 576. The van der Waals surface area contributed by atoms with E-state index in [0.29, 0.717) is 19.7 Å². The van der Waals surface area contributed by atoms with Crippen LogP contribution in [0.5, 0.6) is 11.5 Å². The van der Waals surface area contributed by atoms with Crippen molar-refractivity contribution in [2.24, 2.45) is 5.92 Å². The largest absolute Gasteiger partial charge is 0.494 e. The fourth-order valence-electron chi connectivity index (χ4n) is 2.88. The maximum Gasteiger partial charge on any atom is 0.234 e. The highest BCUT2D eigenvalue weighted by Gasteiger charge is 2.22. The quantitative estimate of drug-likeness (QED) is 0.752. The fourth-order valence-corrected chi connectivity index (χ4v) is 2.88. The number of nitrogens with one attached hydrogen (secondary N) is 2. The van der Waals surface area contributed by atoms with Crippen LogP contribution in [0.25, 0.3) is 0 Å².